The predicted octanol–water partition coefficient (Wildman–Crippen LogP) is 6.43. The number of rotatable bonds is 7. The molecule has 33 heavy (non-hydrogen) atoms. The Labute approximate surface area is 199 Å². The summed E-state index contributed by atoms with van der Waals surface area (Å²) >= 11 is 2.74. The summed E-state index contributed by atoms with van der Waals surface area (Å²) in [6.07, 6.45) is -0.486. The van der Waals surface area contributed by atoms with E-state index in [1.54, 1.807) is 11.0 Å². The van der Waals surface area contributed by atoms with Gasteiger partial charge < -0.3 is 14.4 Å². The minimum atomic E-state index is -0.972. The molecule has 3 aromatic heterocycles. The molecule has 1 N–H and O–H groups in total. The van der Waals surface area contributed by atoms with Crippen LogP contribution >= 0.6 is 22.7 Å². The maximum absolute atomic E-state index is 13.2. The van der Waals surface area contributed by atoms with E-state index in [4.69, 9.17) is 9.40 Å². The molecule has 0 saturated heterocycles. The Morgan fingerprint density at radius 3 is 2.55 bits per heavy atom. The van der Waals surface area contributed by atoms with Crippen LogP contribution in [0.2, 0.25) is 0 Å². The Balaban J connectivity index is 1.57. The Morgan fingerprint density at radius 2 is 1.88 bits per heavy atom. The van der Waals surface area contributed by atoms with E-state index in [1.165, 1.54) is 27.6 Å². The van der Waals surface area contributed by atoms with Gasteiger partial charge in [-0.1, -0.05) is 24.3 Å². The molecule has 0 atom stereocenters. The number of fused-ring (bicyclic) bond motifs is 1. The molecule has 0 bridgehead atoms. The first-order chi connectivity index (χ1) is 15.7. The highest BCUT2D eigenvalue weighted by Gasteiger charge is 2.27. The maximum atomic E-state index is 13.2. The molecule has 0 unspecified atom stereocenters. The molecule has 172 valence electrons. The Morgan fingerprint density at radius 1 is 1.09 bits per heavy atom. The summed E-state index contributed by atoms with van der Waals surface area (Å²) in [6, 6.07) is 13.3. The lowest BCUT2D eigenvalue weighted by Gasteiger charge is -2.33. The van der Waals surface area contributed by atoms with Crippen molar-refractivity contribution < 1.29 is 19.1 Å². The van der Waals surface area contributed by atoms with Gasteiger partial charge >= 0.3 is 6.09 Å². The molecule has 1 aromatic carbocycles. The summed E-state index contributed by atoms with van der Waals surface area (Å²) in [6.45, 7) is 6.24. The van der Waals surface area contributed by atoms with Crippen molar-refractivity contribution >= 4 is 50.8 Å². The van der Waals surface area contributed by atoms with E-state index >= 15 is 0 Å². The van der Waals surface area contributed by atoms with E-state index in [1.807, 2.05) is 67.9 Å². The van der Waals surface area contributed by atoms with Crippen molar-refractivity contribution in [1.29, 1.82) is 0 Å². The molecule has 7 nitrogen and oxygen atoms in total. The number of carbonyl (C=O) groups is 2. The van der Waals surface area contributed by atoms with Crippen molar-refractivity contribution in [2.75, 3.05) is 18.0 Å². The van der Waals surface area contributed by atoms with E-state index in [0.29, 0.717) is 41.0 Å². The molecule has 0 aliphatic carbocycles. The summed E-state index contributed by atoms with van der Waals surface area (Å²) in [5, 5.41) is 14.8. The number of thiazole rings is 1. The minimum Gasteiger partial charge on any atom is -0.465 e. The summed E-state index contributed by atoms with van der Waals surface area (Å²) in [5.41, 5.74) is 0.922. The number of carboxylic acid groups (broad SMARTS) is 1. The zero-order chi connectivity index (χ0) is 23.6. The zero-order valence-electron chi connectivity index (χ0n) is 18.6. The van der Waals surface area contributed by atoms with Crippen LogP contribution in [0.1, 0.15) is 36.9 Å². The number of amides is 2. The van der Waals surface area contributed by atoms with Gasteiger partial charge in [0.25, 0.3) is 5.91 Å². The number of thiophene rings is 1. The second kappa shape index (κ2) is 9.36. The zero-order valence-corrected chi connectivity index (χ0v) is 20.3. The highest BCUT2D eigenvalue weighted by molar-refractivity contribution is 7.14. The van der Waals surface area contributed by atoms with Crippen molar-refractivity contribution in [3.05, 3.63) is 58.1 Å². The Bertz CT molecular complexity index is 1220. The molecule has 0 aliphatic heterocycles. The van der Waals surface area contributed by atoms with Crippen LogP contribution in [0.5, 0.6) is 0 Å². The normalized spacial score (nSPS) is 11.6. The third-order valence-electron chi connectivity index (χ3n) is 5.18. The van der Waals surface area contributed by atoms with Crippen LogP contribution in [-0.4, -0.2) is 45.6 Å². The number of furan rings is 1. The van der Waals surface area contributed by atoms with Gasteiger partial charge in [0, 0.05) is 29.4 Å². The standard InChI is InChI=1S/C24H25N3O4S2/c1-24(2,3)27(23(29)30)12-7-11-26(21(28)20-10-6-13-32-20)22-25-17(15-33-22)19-14-16-8-4-5-9-18(16)31-19/h4-6,8-10,13-15H,7,11-12H2,1-3H3,(H,29,30). The van der Waals surface area contributed by atoms with Crippen LogP contribution in [-0.2, 0) is 0 Å². The number of hydrogen-bond donors (Lipinski definition) is 1. The Kier molecular flexibility index (Phi) is 6.53. The van der Waals surface area contributed by atoms with E-state index in [-0.39, 0.29) is 5.91 Å². The van der Waals surface area contributed by atoms with Gasteiger partial charge in [0.05, 0.1) is 4.88 Å². The van der Waals surface area contributed by atoms with Gasteiger partial charge in [-0.3, -0.25) is 9.69 Å². The van der Waals surface area contributed by atoms with Crippen LogP contribution in [0.25, 0.3) is 22.4 Å². The average molecular weight is 484 g/mol. The van der Waals surface area contributed by atoms with Crippen LogP contribution in [0.15, 0.2) is 57.6 Å². The van der Waals surface area contributed by atoms with Gasteiger partial charge in [-0.2, -0.15) is 0 Å². The van der Waals surface area contributed by atoms with E-state index in [0.717, 1.165) is 11.0 Å². The molecule has 4 aromatic rings. The van der Waals surface area contributed by atoms with Crippen LogP contribution in [0.4, 0.5) is 9.93 Å². The average Bonchev–Trinajstić information content (AvgIpc) is 3.52. The SMILES string of the molecule is CC(C)(C)N(CCCN(C(=O)c1cccs1)c1nc(-c2cc3ccccc3o2)cs1)C(=O)O. The van der Waals surface area contributed by atoms with Crippen LogP contribution in [0.3, 0.4) is 0 Å². The lowest BCUT2D eigenvalue weighted by atomic mass is 10.1. The molecular weight excluding hydrogens is 458 g/mol. The minimum absolute atomic E-state index is 0.145. The first-order valence-corrected chi connectivity index (χ1v) is 12.3. The number of aromatic nitrogens is 1. The maximum Gasteiger partial charge on any atom is 0.407 e. The number of hydrogen-bond acceptors (Lipinski definition) is 6. The van der Waals surface area contributed by atoms with Gasteiger partial charge in [-0.05, 0) is 50.8 Å². The molecule has 0 fully saturated rings. The molecule has 0 spiro atoms. The second-order valence-electron chi connectivity index (χ2n) is 8.56. The van der Waals surface area contributed by atoms with E-state index < -0.39 is 11.6 Å². The molecule has 9 heteroatoms. The third kappa shape index (κ3) is 5.09. The van der Waals surface area contributed by atoms with Gasteiger partial charge in [-0.15, -0.1) is 22.7 Å². The van der Waals surface area contributed by atoms with Gasteiger partial charge in [0.15, 0.2) is 10.9 Å². The fraction of sp³-hybridized carbons (Fsp3) is 0.292. The Hall–Kier alpha value is -3.17. The lowest BCUT2D eigenvalue weighted by molar-refractivity contribution is 0.0971. The number of anilines is 1. The van der Waals surface area contributed by atoms with Crippen molar-refractivity contribution in [3.63, 3.8) is 0 Å². The van der Waals surface area contributed by atoms with Crippen LogP contribution in [0, 0.1) is 0 Å². The quantitative estimate of drug-likeness (QED) is 0.327. The van der Waals surface area contributed by atoms with Crippen molar-refractivity contribution in [3.8, 4) is 11.5 Å². The largest absolute Gasteiger partial charge is 0.465 e. The van der Waals surface area contributed by atoms with Crippen molar-refractivity contribution in [2.45, 2.75) is 32.7 Å². The number of nitrogens with zero attached hydrogens (tertiary/aromatic N) is 3. The fourth-order valence-corrected chi connectivity index (χ4v) is 5.04. The fourth-order valence-electron chi connectivity index (χ4n) is 3.53. The monoisotopic (exact) mass is 483 g/mol. The van der Waals surface area contributed by atoms with Gasteiger partial charge in [0.1, 0.15) is 11.3 Å². The molecule has 3 heterocycles. The molecule has 2 amide bonds. The molecule has 0 radical (unpaired) electrons. The second-order valence-corrected chi connectivity index (χ2v) is 10.3. The molecule has 0 saturated carbocycles. The summed E-state index contributed by atoms with van der Waals surface area (Å²) in [7, 11) is 0. The van der Waals surface area contributed by atoms with Crippen molar-refractivity contribution in [2.24, 2.45) is 0 Å². The smallest absolute Gasteiger partial charge is 0.407 e. The molecule has 4 rings (SSSR count). The number of para-hydroxylation sites is 1. The third-order valence-corrected chi connectivity index (χ3v) is 6.90. The molecule has 0 aliphatic rings. The first-order valence-electron chi connectivity index (χ1n) is 10.5. The van der Waals surface area contributed by atoms with Gasteiger partial charge in [0.2, 0.25) is 0 Å². The van der Waals surface area contributed by atoms with E-state index in [9.17, 15) is 14.7 Å². The summed E-state index contributed by atoms with van der Waals surface area (Å²) in [4.78, 5) is 33.2. The first kappa shape index (κ1) is 23.0. The predicted molar refractivity (Wildman–Crippen MR) is 132 cm³/mol. The number of benzene rings is 1. The van der Waals surface area contributed by atoms with Crippen molar-refractivity contribution in [1.82, 2.24) is 9.88 Å². The van der Waals surface area contributed by atoms with Crippen LogP contribution < -0.4 is 4.90 Å². The summed E-state index contributed by atoms with van der Waals surface area (Å²) in [5.74, 6) is 0.500. The highest BCUT2D eigenvalue weighted by atomic mass is 32.1. The molecular formula is C24H25N3O4S2. The van der Waals surface area contributed by atoms with Gasteiger partial charge in [-0.25, -0.2) is 9.78 Å². The summed E-state index contributed by atoms with van der Waals surface area (Å²) < 4.78 is 5.93. The lowest BCUT2D eigenvalue weighted by Crippen LogP contribution is -2.46. The topological polar surface area (TPSA) is 86.9 Å². The number of carbonyl (C=O) groups excluding carboxylic acids is 1. The highest BCUT2D eigenvalue weighted by Crippen LogP contribution is 2.32. The van der Waals surface area contributed by atoms with E-state index in [2.05, 4.69) is 0 Å².